The van der Waals surface area contributed by atoms with E-state index in [0.29, 0.717) is 0 Å². The van der Waals surface area contributed by atoms with Crippen molar-refractivity contribution >= 4 is 0 Å². The highest BCUT2D eigenvalue weighted by Crippen LogP contribution is 2.14. The van der Waals surface area contributed by atoms with Gasteiger partial charge in [-0.2, -0.15) is 0 Å². The van der Waals surface area contributed by atoms with Gasteiger partial charge in [-0.3, -0.25) is 0 Å². The first kappa shape index (κ1) is 15.5. The van der Waals surface area contributed by atoms with Crippen molar-refractivity contribution in [3.8, 4) is 12.3 Å². The lowest BCUT2D eigenvalue weighted by Crippen LogP contribution is -2.22. The molecule has 0 spiro atoms. The van der Waals surface area contributed by atoms with Gasteiger partial charge in [0.05, 0.1) is 0 Å². The monoisotopic (exact) mass is 252 g/mol. The van der Waals surface area contributed by atoms with Gasteiger partial charge in [0.15, 0.2) is 6.29 Å². The Bertz CT molecular complexity index is 214. The van der Waals surface area contributed by atoms with Crippen molar-refractivity contribution in [3.05, 3.63) is 0 Å². The molecular weight excluding hydrogens is 224 g/mol. The maximum absolute atomic E-state index is 5.70. The summed E-state index contributed by atoms with van der Waals surface area (Å²) in [6.45, 7) is 1.74. The lowest BCUT2D eigenvalue weighted by molar-refractivity contribution is -0.162. The zero-order valence-corrected chi connectivity index (χ0v) is 11.7. The summed E-state index contributed by atoms with van der Waals surface area (Å²) in [5.41, 5.74) is 0. The molecule has 0 radical (unpaired) electrons. The predicted octanol–water partition coefficient (Wildman–Crippen LogP) is 4.28. The number of rotatable bonds is 10. The van der Waals surface area contributed by atoms with E-state index in [-0.39, 0.29) is 6.29 Å². The number of unbranched alkanes of at least 4 members (excludes halogenated alkanes) is 7. The first-order valence-electron chi connectivity index (χ1n) is 7.60. The predicted molar refractivity (Wildman–Crippen MR) is 75.3 cm³/mol. The van der Waals surface area contributed by atoms with Gasteiger partial charge in [-0.15, -0.1) is 12.3 Å². The first-order valence-corrected chi connectivity index (χ1v) is 7.60. The van der Waals surface area contributed by atoms with E-state index >= 15 is 0 Å². The van der Waals surface area contributed by atoms with Crippen molar-refractivity contribution in [3.63, 3.8) is 0 Å². The normalized spacial score (nSPS) is 19.6. The zero-order valence-electron chi connectivity index (χ0n) is 11.7. The second-order valence-electron chi connectivity index (χ2n) is 5.10. The van der Waals surface area contributed by atoms with Gasteiger partial charge < -0.3 is 9.47 Å². The van der Waals surface area contributed by atoms with Crippen LogP contribution in [0.2, 0.25) is 0 Å². The molecule has 0 N–H and O–H groups in total. The molecule has 0 bridgehead atoms. The quantitative estimate of drug-likeness (QED) is 0.427. The van der Waals surface area contributed by atoms with E-state index in [1.807, 2.05) is 0 Å². The number of ether oxygens (including phenoxy) is 2. The maximum atomic E-state index is 5.70. The summed E-state index contributed by atoms with van der Waals surface area (Å²) in [5.74, 6) is 2.69. The minimum Gasteiger partial charge on any atom is -0.353 e. The summed E-state index contributed by atoms with van der Waals surface area (Å²) < 4.78 is 11.2. The average molecular weight is 252 g/mol. The van der Waals surface area contributed by atoms with E-state index in [0.717, 1.165) is 26.1 Å². The van der Waals surface area contributed by atoms with Crippen molar-refractivity contribution in [2.45, 2.75) is 76.9 Å². The minimum atomic E-state index is 0.0857. The van der Waals surface area contributed by atoms with Gasteiger partial charge in [-0.05, 0) is 32.1 Å². The summed E-state index contributed by atoms with van der Waals surface area (Å²) in [7, 11) is 0. The van der Waals surface area contributed by atoms with E-state index in [1.165, 1.54) is 57.8 Å². The van der Waals surface area contributed by atoms with Gasteiger partial charge in [0.1, 0.15) is 0 Å². The Morgan fingerprint density at radius 1 is 1.00 bits per heavy atom. The molecule has 1 saturated heterocycles. The molecule has 1 unspecified atom stereocenters. The van der Waals surface area contributed by atoms with Crippen LogP contribution < -0.4 is 0 Å². The first-order chi connectivity index (χ1) is 8.93. The Morgan fingerprint density at radius 2 is 1.72 bits per heavy atom. The number of hydrogen-bond acceptors (Lipinski definition) is 2. The molecule has 0 aromatic heterocycles. The Hall–Kier alpha value is -0.520. The summed E-state index contributed by atoms with van der Waals surface area (Å²) in [4.78, 5) is 0. The van der Waals surface area contributed by atoms with Crippen LogP contribution >= 0.6 is 0 Å². The van der Waals surface area contributed by atoms with Gasteiger partial charge in [0.25, 0.3) is 0 Å². The molecule has 0 saturated carbocycles. The fourth-order valence-electron chi connectivity index (χ4n) is 2.27. The number of hydrogen-bond donors (Lipinski definition) is 0. The van der Waals surface area contributed by atoms with Crippen molar-refractivity contribution in [1.29, 1.82) is 0 Å². The van der Waals surface area contributed by atoms with E-state index in [2.05, 4.69) is 5.92 Å². The van der Waals surface area contributed by atoms with Crippen LogP contribution in [0.25, 0.3) is 0 Å². The van der Waals surface area contributed by atoms with Crippen LogP contribution in [0, 0.1) is 12.3 Å². The van der Waals surface area contributed by atoms with Gasteiger partial charge in [-0.1, -0.05) is 32.1 Å². The second kappa shape index (κ2) is 11.6. The Kier molecular flexibility index (Phi) is 9.98. The highest BCUT2D eigenvalue weighted by Gasteiger charge is 2.13. The molecule has 0 aromatic carbocycles. The SMILES string of the molecule is C#CCCCCCCCCCOC1CCCCO1. The van der Waals surface area contributed by atoms with Crippen LogP contribution in [0.4, 0.5) is 0 Å². The van der Waals surface area contributed by atoms with Crippen LogP contribution in [-0.4, -0.2) is 19.5 Å². The second-order valence-corrected chi connectivity index (χ2v) is 5.10. The minimum absolute atomic E-state index is 0.0857. The fourth-order valence-corrected chi connectivity index (χ4v) is 2.27. The molecule has 104 valence electrons. The molecule has 0 aliphatic carbocycles. The zero-order chi connectivity index (χ0) is 12.9. The largest absolute Gasteiger partial charge is 0.353 e. The molecule has 1 aliphatic rings. The van der Waals surface area contributed by atoms with E-state index < -0.39 is 0 Å². The molecule has 0 aromatic rings. The van der Waals surface area contributed by atoms with Crippen molar-refractivity contribution in [2.75, 3.05) is 13.2 Å². The van der Waals surface area contributed by atoms with Gasteiger partial charge in [-0.25, -0.2) is 0 Å². The smallest absolute Gasteiger partial charge is 0.157 e. The Morgan fingerprint density at radius 3 is 2.39 bits per heavy atom. The fraction of sp³-hybridized carbons (Fsp3) is 0.875. The lowest BCUT2D eigenvalue weighted by atomic mass is 10.1. The topological polar surface area (TPSA) is 18.5 Å². The molecule has 2 nitrogen and oxygen atoms in total. The highest BCUT2D eigenvalue weighted by atomic mass is 16.7. The van der Waals surface area contributed by atoms with Crippen LogP contribution in [0.15, 0.2) is 0 Å². The molecule has 1 rings (SSSR count). The molecular formula is C16H28O2. The number of terminal acetylenes is 1. The third-order valence-corrected chi connectivity index (χ3v) is 3.41. The van der Waals surface area contributed by atoms with Crippen LogP contribution in [-0.2, 0) is 9.47 Å². The Labute approximate surface area is 112 Å². The highest BCUT2D eigenvalue weighted by molar-refractivity contribution is 4.82. The van der Waals surface area contributed by atoms with Gasteiger partial charge in [0.2, 0.25) is 0 Å². The van der Waals surface area contributed by atoms with E-state index in [4.69, 9.17) is 15.9 Å². The van der Waals surface area contributed by atoms with Crippen LogP contribution in [0.3, 0.4) is 0 Å². The molecule has 18 heavy (non-hydrogen) atoms. The summed E-state index contributed by atoms with van der Waals surface area (Å²) in [5, 5.41) is 0. The van der Waals surface area contributed by atoms with Gasteiger partial charge in [0, 0.05) is 19.6 Å². The lowest BCUT2D eigenvalue weighted by Gasteiger charge is -2.22. The summed E-state index contributed by atoms with van der Waals surface area (Å²) in [6.07, 6.45) is 18.7. The molecule has 1 fully saturated rings. The van der Waals surface area contributed by atoms with E-state index in [1.54, 1.807) is 0 Å². The molecule has 1 aliphatic heterocycles. The van der Waals surface area contributed by atoms with Crippen molar-refractivity contribution in [1.82, 2.24) is 0 Å². The van der Waals surface area contributed by atoms with E-state index in [9.17, 15) is 0 Å². The third-order valence-electron chi connectivity index (χ3n) is 3.41. The average Bonchev–Trinajstić information content (AvgIpc) is 2.42. The van der Waals surface area contributed by atoms with Crippen molar-refractivity contribution < 1.29 is 9.47 Å². The van der Waals surface area contributed by atoms with Gasteiger partial charge >= 0.3 is 0 Å². The standard InChI is InChI=1S/C16H28O2/c1-2-3-4-5-6-7-8-9-11-14-17-16-13-10-12-15-18-16/h1,16H,3-15H2. The summed E-state index contributed by atoms with van der Waals surface area (Å²) in [6, 6.07) is 0. The molecule has 2 heteroatoms. The third kappa shape index (κ3) is 8.55. The molecule has 1 heterocycles. The maximum Gasteiger partial charge on any atom is 0.157 e. The molecule has 1 atom stereocenters. The van der Waals surface area contributed by atoms with Crippen LogP contribution in [0.1, 0.15) is 70.6 Å². The van der Waals surface area contributed by atoms with Crippen LogP contribution in [0.5, 0.6) is 0 Å². The Balaban J connectivity index is 1.74. The summed E-state index contributed by atoms with van der Waals surface area (Å²) >= 11 is 0. The van der Waals surface area contributed by atoms with Crippen molar-refractivity contribution in [2.24, 2.45) is 0 Å². The molecule has 0 amide bonds.